The molecule has 14 heavy (non-hydrogen) atoms. The number of hydrogen-bond donors (Lipinski definition) is 3. The van der Waals surface area contributed by atoms with Gasteiger partial charge in [0.15, 0.2) is 0 Å². The minimum atomic E-state index is -1.22. The molecule has 0 radical (unpaired) electrons. The van der Waals surface area contributed by atoms with E-state index in [0.717, 1.165) is 0 Å². The van der Waals surface area contributed by atoms with Crippen LogP contribution in [0.3, 0.4) is 0 Å². The fraction of sp³-hybridized carbons (Fsp3) is 0.571. The molecule has 0 aromatic rings. The highest BCUT2D eigenvalue weighted by molar-refractivity contribution is 8.22. The second-order valence-electron chi connectivity index (χ2n) is 2.35. The van der Waals surface area contributed by atoms with E-state index in [1.165, 1.54) is 11.8 Å². The number of carbonyl (C=O) groups is 2. The number of thioether (sulfide) groups is 1. The van der Waals surface area contributed by atoms with Crippen LogP contribution in [-0.2, 0) is 9.59 Å². The summed E-state index contributed by atoms with van der Waals surface area (Å²) in [6.07, 6.45) is -0.486. The summed E-state index contributed by atoms with van der Waals surface area (Å²) in [6.45, 7) is 1.87. The number of rotatable bonds is 5. The molecule has 0 aliphatic carbocycles. The van der Waals surface area contributed by atoms with Crippen molar-refractivity contribution in [2.45, 2.75) is 19.4 Å². The number of carboxylic acids is 2. The molecule has 0 rings (SSSR count). The number of aliphatic carboxylic acids is 2. The fourth-order valence-electron chi connectivity index (χ4n) is 0.690. The number of nitrogens with one attached hydrogen (secondary N) is 1. The van der Waals surface area contributed by atoms with Crippen LogP contribution in [0.5, 0.6) is 0 Å². The summed E-state index contributed by atoms with van der Waals surface area (Å²) in [5, 5.41) is 19.5. The Morgan fingerprint density at radius 1 is 1.50 bits per heavy atom. The summed E-state index contributed by atoms with van der Waals surface area (Å²) in [5.74, 6) is -1.67. The molecule has 3 N–H and O–H groups in total. The third-order valence-corrected chi connectivity index (χ3v) is 2.38. The maximum absolute atomic E-state index is 10.6. The topological polar surface area (TPSA) is 86.6 Å². The van der Waals surface area contributed by atoms with Crippen LogP contribution in [0, 0.1) is 0 Å². The van der Waals surface area contributed by atoms with Crippen molar-refractivity contribution in [2.24, 2.45) is 0 Å². The molecule has 0 unspecified atom stereocenters. The summed E-state index contributed by atoms with van der Waals surface area (Å²) in [5.41, 5.74) is 0. The first-order chi connectivity index (χ1) is 6.47. The summed E-state index contributed by atoms with van der Waals surface area (Å²) >= 11 is 6.07. The Morgan fingerprint density at radius 2 is 2.07 bits per heavy atom. The van der Waals surface area contributed by atoms with E-state index in [4.69, 9.17) is 22.4 Å². The average molecular weight is 237 g/mol. The first-order valence-electron chi connectivity index (χ1n) is 3.85. The Balaban J connectivity index is 4.16. The minimum absolute atomic E-state index is 0.307. The summed E-state index contributed by atoms with van der Waals surface area (Å²) < 4.78 is 0.307. The highest BCUT2D eigenvalue weighted by Gasteiger charge is 2.21. The Kier molecular flexibility index (Phi) is 6.22. The van der Waals surface area contributed by atoms with Crippen LogP contribution in [-0.4, -0.2) is 38.3 Å². The Labute approximate surface area is 90.9 Å². The Bertz CT molecular complexity index is 244. The molecule has 0 saturated carbocycles. The molecule has 0 heterocycles. The maximum Gasteiger partial charge on any atom is 0.326 e. The van der Waals surface area contributed by atoms with Gasteiger partial charge in [-0.05, 0) is 5.75 Å². The van der Waals surface area contributed by atoms with E-state index in [-0.39, 0.29) is 0 Å². The van der Waals surface area contributed by atoms with Gasteiger partial charge in [-0.1, -0.05) is 30.9 Å². The predicted molar refractivity (Wildman–Crippen MR) is 57.5 cm³/mol. The van der Waals surface area contributed by atoms with Crippen molar-refractivity contribution in [1.29, 1.82) is 0 Å². The normalized spacial score (nSPS) is 11.8. The second-order valence-corrected chi connectivity index (χ2v) is 4.29. The predicted octanol–water partition coefficient (Wildman–Crippen LogP) is 0.542. The standard InChI is InChI=1S/C7H11NO4S2/c1-2-14-7(13)8-4(6(11)12)3-5(9)10/h4H,2-3H2,1H3,(H,8,13)(H,9,10)(H,11,12)/t4-/m0/s1. The van der Waals surface area contributed by atoms with Crippen molar-refractivity contribution < 1.29 is 19.8 Å². The third kappa shape index (κ3) is 5.76. The van der Waals surface area contributed by atoms with E-state index in [2.05, 4.69) is 5.32 Å². The molecular weight excluding hydrogens is 226 g/mol. The molecule has 5 nitrogen and oxygen atoms in total. The van der Waals surface area contributed by atoms with Crippen LogP contribution in [0.25, 0.3) is 0 Å². The molecule has 0 aromatic heterocycles. The Morgan fingerprint density at radius 3 is 2.43 bits per heavy atom. The minimum Gasteiger partial charge on any atom is -0.481 e. The van der Waals surface area contributed by atoms with Gasteiger partial charge in [0.05, 0.1) is 6.42 Å². The van der Waals surface area contributed by atoms with Crippen LogP contribution in [0.4, 0.5) is 0 Å². The van der Waals surface area contributed by atoms with Crippen molar-refractivity contribution in [3.8, 4) is 0 Å². The van der Waals surface area contributed by atoms with Gasteiger partial charge in [-0.3, -0.25) is 4.79 Å². The van der Waals surface area contributed by atoms with Crippen molar-refractivity contribution in [3.63, 3.8) is 0 Å². The molecule has 80 valence electrons. The van der Waals surface area contributed by atoms with Crippen LogP contribution in [0.1, 0.15) is 13.3 Å². The van der Waals surface area contributed by atoms with Crippen LogP contribution < -0.4 is 5.32 Å². The van der Waals surface area contributed by atoms with Crippen molar-refractivity contribution in [2.75, 3.05) is 5.75 Å². The van der Waals surface area contributed by atoms with Gasteiger partial charge >= 0.3 is 11.9 Å². The number of carboxylic acid groups (broad SMARTS) is 2. The smallest absolute Gasteiger partial charge is 0.326 e. The highest BCUT2D eigenvalue weighted by atomic mass is 32.2. The zero-order valence-electron chi connectivity index (χ0n) is 7.52. The molecule has 0 spiro atoms. The van der Waals surface area contributed by atoms with Crippen molar-refractivity contribution in [3.05, 3.63) is 0 Å². The van der Waals surface area contributed by atoms with E-state index in [9.17, 15) is 9.59 Å². The highest BCUT2D eigenvalue weighted by Crippen LogP contribution is 2.03. The first kappa shape index (κ1) is 13.2. The largest absolute Gasteiger partial charge is 0.481 e. The van der Waals surface area contributed by atoms with Gasteiger partial charge in [0, 0.05) is 0 Å². The van der Waals surface area contributed by atoms with Gasteiger partial charge in [0.2, 0.25) is 0 Å². The van der Waals surface area contributed by atoms with E-state index in [0.29, 0.717) is 10.1 Å². The lowest BCUT2D eigenvalue weighted by Crippen LogP contribution is -2.40. The summed E-state index contributed by atoms with van der Waals surface area (Å²) in [6, 6.07) is -1.15. The van der Waals surface area contributed by atoms with Gasteiger partial charge in [0.25, 0.3) is 0 Å². The number of thiocarbonyl (C=S) groups is 1. The van der Waals surface area contributed by atoms with Crippen molar-refractivity contribution >= 4 is 40.2 Å². The van der Waals surface area contributed by atoms with E-state index < -0.39 is 24.4 Å². The number of hydrogen-bond acceptors (Lipinski definition) is 4. The summed E-state index contributed by atoms with van der Waals surface area (Å²) in [7, 11) is 0. The van der Waals surface area contributed by atoms with Gasteiger partial charge in [-0.2, -0.15) is 0 Å². The molecule has 0 aliphatic rings. The fourth-order valence-corrected chi connectivity index (χ4v) is 1.67. The van der Waals surface area contributed by atoms with Gasteiger partial charge in [-0.25, -0.2) is 4.79 Å². The molecule has 0 bridgehead atoms. The van der Waals surface area contributed by atoms with Gasteiger partial charge < -0.3 is 15.5 Å². The molecule has 0 aliphatic heterocycles. The van der Waals surface area contributed by atoms with Crippen LogP contribution >= 0.6 is 24.0 Å². The second kappa shape index (κ2) is 6.61. The van der Waals surface area contributed by atoms with E-state index in [1.807, 2.05) is 6.92 Å². The lowest BCUT2D eigenvalue weighted by molar-refractivity contribution is -0.145. The Hall–Kier alpha value is -0.820. The first-order valence-corrected chi connectivity index (χ1v) is 5.24. The van der Waals surface area contributed by atoms with E-state index in [1.54, 1.807) is 0 Å². The molecule has 7 heteroatoms. The van der Waals surface area contributed by atoms with Crippen LogP contribution in [0.2, 0.25) is 0 Å². The SMILES string of the molecule is CCSC(=S)N[C@@H](CC(=O)O)C(=O)O. The van der Waals surface area contributed by atoms with E-state index >= 15 is 0 Å². The quantitative estimate of drug-likeness (QED) is 0.602. The van der Waals surface area contributed by atoms with Gasteiger partial charge in [-0.15, -0.1) is 0 Å². The van der Waals surface area contributed by atoms with Gasteiger partial charge in [0.1, 0.15) is 10.4 Å². The lowest BCUT2D eigenvalue weighted by Gasteiger charge is -2.13. The molecular formula is C7H11NO4S2. The lowest BCUT2D eigenvalue weighted by atomic mass is 10.2. The van der Waals surface area contributed by atoms with Crippen LogP contribution in [0.15, 0.2) is 0 Å². The van der Waals surface area contributed by atoms with Crippen molar-refractivity contribution in [1.82, 2.24) is 5.32 Å². The molecule has 0 fully saturated rings. The molecule has 0 amide bonds. The zero-order valence-corrected chi connectivity index (χ0v) is 9.15. The monoisotopic (exact) mass is 237 g/mol. The molecule has 0 saturated heterocycles. The summed E-state index contributed by atoms with van der Waals surface area (Å²) in [4.78, 5) is 20.9. The molecule has 0 aromatic carbocycles. The maximum atomic E-state index is 10.6. The third-order valence-electron chi connectivity index (χ3n) is 1.24. The average Bonchev–Trinajstić information content (AvgIpc) is 2.02. The molecule has 1 atom stereocenters. The zero-order chi connectivity index (χ0) is 11.1.